The van der Waals surface area contributed by atoms with E-state index in [1.165, 1.54) is 6.92 Å². The summed E-state index contributed by atoms with van der Waals surface area (Å²) in [6, 6.07) is 0. The van der Waals surface area contributed by atoms with Crippen molar-refractivity contribution < 1.29 is 14.4 Å². The summed E-state index contributed by atoms with van der Waals surface area (Å²) < 4.78 is 0. The number of hydrogen-bond acceptors (Lipinski definition) is 5. The minimum absolute atomic E-state index is 0.179. The summed E-state index contributed by atoms with van der Waals surface area (Å²) in [5, 5.41) is 0. The summed E-state index contributed by atoms with van der Waals surface area (Å²) in [6.45, 7) is 1.31. The largest absolute Gasteiger partial charge is 0.299 e. The topological polar surface area (TPSA) is 127 Å². The molecule has 1 unspecified atom stereocenters. The standard InChI is InChI=1S/C8H16N4O3/c1-5(13)6(8(15)12-10)3-2-4-7(14)11-9/h6H,2-4,9-10H2,1H3,(H,11,14)(H,12,15). The minimum atomic E-state index is -0.791. The van der Waals surface area contributed by atoms with Crippen molar-refractivity contribution in [3.63, 3.8) is 0 Å². The van der Waals surface area contributed by atoms with Crippen LogP contribution in [0.4, 0.5) is 0 Å². The molecule has 7 nitrogen and oxygen atoms in total. The Bertz CT molecular complexity index is 254. The van der Waals surface area contributed by atoms with Crippen LogP contribution in [0.1, 0.15) is 26.2 Å². The van der Waals surface area contributed by atoms with Crippen LogP contribution in [0, 0.1) is 5.92 Å². The summed E-state index contributed by atoms with van der Waals surface area (Å²) in [6.07, 6.45) is 0.866. The number of nitrogens with one attached hydrogen (secondary N) is 2. The van der Waals surface area contributed by atoms with Gasteiger partial charge in [-0.3, -0.25) is 25.2 Å². The van der Waals surface area contributed by atoms with Crippen LogP contribution in [0.2, 0.25) is 0 Å². The van der Waals surface area contributed by atoms with Crippen molar-refractivity contribution in [2.45, 2.75) is 26.2 Å². The van der Waals surface area contributed by atoms with Crippen LogP contribution in [-0.2, 0) is 14.4 Å². The number of carbonyl (C=O) groups is 3. The third-order valence-electron chi connectivity index (χ3n) is 2.01. The van der Waals surface area contributed by atoms with Crippen LogP contribution < -0.4 is 22.5 Å². The maximum Gasteiger partial charge on any atom is 0.244 e. The summed E-state index contributed by atoms with van der Waals surface area (Å²) in [7, 11) is 0. The van der Waals surface area contributed by atoms with Crippen LogP contribution >= 0.6 is 0 Å². The molecule has 2 amide bonds. The Kier molecular flexibility index (Phi) is 6.23. The third-order valence-corrected chi connectivity index (χ3v) is 2.01. The average molecular weight is 216 g/mol. The van der Waals surface area contributed by atoms with Crippen LogP contribution in [0.15, 0.2) is 0 Å². The predicted molar refractivity (Wildman–Crippen MR) is 52.7 cm³/mol. The van der Waals surface area contributed by atoms with E-state index in [0.717, 1.165) is 0 Å². The fourth-order valence-corrected chi connectivity index (χ4v) is 1.16. The SMILES string of the molecule is CC(=O)C(CCCC(=O)NN)C(=O)NN. The van der Waals surface area contributed by atoms with E-state index in [2.05, 4.69) is 0 Å². The van der Waals surface area contributed by atoms with Gasteiger partial charge in [0.1, 0.15) is 5.78 Å². The molecule has 6 N–H and O–H groups in total. The Hall–Kier alpha value is -1.47. The Morgan fingerprint density at radius 2 is 1.80 bits per heavy atom. The van der Waals surface area contributed by atoms with Gasteiger partial charge in [-0.25, -0.2) is 11.7 Å². The zero-order valence-electron chi connectivity index (χ0n) is 8.58. The molecule has 0 aromatic rings. The van der Waals surface area contributed by atoms with Gasteiger partial charge in [0.15, 0.2) is 0 Å². The minimum Gasteiger partial charge on any atom is -0.299 e. The van der Waals surface area contributed by atoms with Gasteiger partial charge in [0.2, 0.25) is 11.8 Å². The number of ketones is 1. The van der Waals surface area contributed by atoms with Crippen LogP contribution in [0.5, 0.6) is 0 Å². The molecule has 0 aliphatic heterocycles. The molecule has 0 saturated heterocycles. The highest BCUT2D eigenvalue weighted by Gasteiger charge is 2.22. The lowest BCUT2D eigenvalue weighted by Crippen LogP contribution is -2.39. The molecule has 0 aromatic carbocycles. The van der Waals surface area contributed by atoms with Gasteiger partial charge in [-0.05, 0) is 19.8 Å². The summed E-state index contributed by atoms with van der Waals surface area (Å²) in [4.78, 5) is 32.9. The molecule has 0 aliphatic carbocycles. The number of nitrogens with two attached hydrogens (primary N) is 2. The van der Waals surface area contributed by atoms with Gasteiger partial charge in [0, 0.05) is 6.42 Å². The predicted octanol–water partition coefficient (Wildman–Crippen LogP) is -1.66. The average Bonchev–Trinajstić information content (AvgIpc) is 2.22. The van der Waals surface area contributed by atoms with Crippen molar-refractivity contribution >= 4 is 17.6 Å². The first-order chi connectivity index (χ1) is 7.02. The number of Topliss-reactive ketones (excluding diaryl/α,β-unsaturated/α-hetero) is 1. The molecule has 0 heterocycles. The number of carbonyl (C=O) groups excluding carboxylic acids is 3. The lowest BCUT2D eigenvalue weighted by molar-refractivity contribution is -0.133. The van der Waals surface area contributed by atoms with Gasteiger partial charge >= 0.3 is 0 Å². The summed E-state index contributed by atoms with van der Waals surface area (Å²) in [5.41, 5.74) is 3.88. The molecular formula is C8H16N4O3. The molecule has 0 aromatic heterocycles. The van der Waals surface area contributed by atoms with Crippen molar-refractivity contribution in [2.24, 2.45) is 17.6 Å². The second-order valence-electron chi connectivity index (χ2n) is 3.13. The zero-order valence-corrected chi connectivity index (χ0v) is 8.58. The van der Waals surface area contributed by atoms with Crippen LogP contribution in [0.25, 0.3) is 0 Å². The molecule has 1 atom stereocenters. The maximum absolute atomic E-state index is 11.1. The van der Waals surface area contributed by atoms with E-state index in [1.807, 2.05) is 10.9 Å². The lowest BCUT2D eigenvalue weighted by atomic mass is 9.97. The molecule has 0 aliphatic rings. The molecule has 0 bridgehead atoms. The normalized spacial score (nSPS) is 11.7. The number of rotatable bonds is 6. The van der Waals surface area contributed by atoms with Gasteiger partial charge in [0.05, 0.1) is 5.92 Å². The molecule has 0 spiro atoms. The van der Waals surface area contributed by atoms with Gasteiger partial charge in [-0.1, -0.05) is 0 Å². The Labute approximate surface area is 87.5 Å². The highest BCUT2D eigenvalue weighted by atomic mass is 16.2. The first kappa shape index (κ1) is 13.5. The smallest absolute Gasteiger partial charge is 0.244 e. The van der Waals surface area contributed by atoms with E-state index >= 15 is 0 Å². The van der Waals surface area contributed by atoms with Crippen molar-refractivity contribution in [1.29, 1.82) is 0 Å². The van der Waals surface area contributed by atoms with Gasteiger partial charge in [-0.2, -0.15) is 0 Å². The zero-order chi connectivity index (χ0) is 11.8. The molecule has 0 radical (unpaired) electrons. The molecule has 15 heavy (non-hydrogen) atoms. The van der Waals surface area contributed by atoms with Crippen LogP contribution in [-0.4, -0.2) is 17.6 Å². The van der Waals surface area contributed by atoms with Crippen molar-refractivity contribution in [3.05, 3.63) is 0 Å². The van der Waals surface area contributed by atoms with E-state index in [4.69, 9.17) is 11.7 Å². The first-order valence-electron chi connectivity index (χ1n) is 4.53. The molecule has 0 fully saturated rings. The molecule has 7 heteroatoms. The van der Waals surface area contributed by atoms with Gasteiger partial charge < -0.3 is 0 Å². The van der Waals surface area contributed by atoms with Gasteiger partial charge in [-0.15, -0.1) is 0 Å². The Balaban J connectivity index is 4.03. The Morgan fingerprint density at radius 1 is 1.20 bits per heavy atom. The second kappa shape index (κ2) is 6.91. The van der Waals surface area contributed by atoms with E-state index in [-0.39, 0.29) is 24.5 Å². The van der Waals surface area contributed by atoms with Crippen molar-refractivity contribution in [1.82, 2.24) is 10.9 Å². The number of hydrazine groups is 2. The van der Waals surface area contributed by atoms with Gasteiger partial charge in [0.25, 0.3) is 0 Å². The quantitative estimate of drug-likeness (QED) is 0.183. The van der Waals surface area contributed by atoms with Crippen molar-refractivity contribution in [2.75, 3.05) is 0 Å². The monoisotopic (exact) mass is 216 g/mol. The molecule has 0 saturated carbocycles. The Morgan fingerprint density at radius 3 is 2.20 bits per heavy atom. The summed E-state index contributed by atoms with van der Waals surface area (Å²) >= 11 is 0. The number of amides is 2. The summed E-state index contributed by atoms with van der Waals surface area (Å²) in [5.74, 6) is 7.86. The van der Waals surface area contributed by atoms with E-state index in [1.54, 1.807) is 0 Å². The fraction of sp³-hybridized carbons (Fsp3) is 0.625. The van der Waals surface area contributed by atoms with E-state index in [9.17, 15) is 14.4 Å². The van der Waals surface area contributed by atoms with Crippen molar-refractivity contribution in [3.8, 4) is 0 Å². The molecule has 0 rings (SSSR count). The third kappa shape index (κ3) is 5.08. The van der Waals surface area contributed by atoms with E-state index < -0.39 is 11.8 Å². The maximum atomic E-state index is 11.1. The van der Waals surface area contributed by atoms with E-state index in [0.29, 0.717) is 6.42 Å². The second-order valence-corrected chi connectivity index (χ2v) is 3.13. The lowest BCUT2D eigenvalue weighted by Gasteiger charge is -2.10. The van der Waals surface area contributed by atoms with Crippen LogP contribution in [0.3, 0.4) is 0 Å². The highest BCUT2D eigenvalue weighted by molar-refractivity contribution is 5.99. The first-order valence-corrected chi connectivity index (χ1v) is 4.53. The highest BCUT2D eigenvalue weighted by Crippen LogP contribution is 2.09. The fourth-order valence-electron chi connectivity index (χ4n) is 1.16. The molecule has 86 valence electrons. The molecular weight excluding hydrogens is 200 g/mol. The number of hydrogen-bond donors (Lipinski definition) is 4.